The van der Waals surface area contributed by atoms with Crippen LogP contribution >= 0.6 is 0 Å². The minimum atomic E-state index is -3.10. The molecule has 0 unspecified atom stereocenters. The topological polar surface area (TPSA) is 128 Å². The van der Waals surface area contributed by atoms with E-state index in [2.05, 4.69) is 20.3 Å². The van der Waals surface area contributed by atoms with Crippen molar-refractivity contribution < 1.29 is 17.8 Å². The predicted molar refractivity (Wildman–Crippen MR) is 55.4 cm³/mol. The lowest BCUT2D eigenvalue weighted by atomic mass is 10.4. The second kappa shape index (κ2) is 4.92. The van der Waals surface area contributed by atoms with Gasteiger partial charge < -0.3 is 11.1 Å². The number of hydrogen-bond donors (Lipinski definition) is 2. The number of amides is 1. The van der Waals surface area contributed by atoms with E-state index in [0.717, 1.165) is 0 Å². The van der Waals surface area contributed by atoms with E-state index in [1.807, 2.05) is 0 Å². The van der Waals surface area contributed by atoms with Crippen molar-refractivity contribution in [1.29, 1.82) is 0 Å². The molecule has 9 heteroatoms. The molecule has 0 radical (unpaired) electrons. The van der Waals surface area contributed by atoms with Gasteiger partial charge in [0.1, 0.15) is 0 Å². The number of sulfone groups is 1. The predicted octanol–water partition coefficient (Wildman–Crippen LogP) is -1.18. The summed E-state index contributed by atoms with van der Waals surface area (Å²) in [6.45, 7) is 1.54. The van der Waals surface area contributed by atoms with Crippen LogP contribution in [0.5, 0.6) is 0 Å². The molecule has 1 heterocycles. The first-order valence-corrected chi connectivity index (χ1v) is 6.35. The van der Waals surface area contributed by atoms with Gasteiger partial charge in [-0.1, -0.05) is 6.92 Å². The molecule has 90 valence electrons. The minimum Gasteiger partial charge on any atom is -0.379 e. The molecule has 0 fully saturated rings. The van der Waals surface area contributed by atoms with Crippen LogP contribution in [0.4, 0.5) is 5.82 Å². The molecule has 0 aliphatic heterocycles. The van der Waals surface area contributed by atoms with Gasteiger partial charge in [-0.05, 0) is 10.3 Å². The Morgan fingerprint density at radius 2 is 2.19 bits per heavy atom. The first-order valence-electron chi connectivity index (χ1n) is 4.53. The van der Waals surface area contributed by atoms with Crippen molar-refractivity contribution in [3.8, 4) is 0 Å². The fourth-order valence-electron chi connectivity index (χ4n) is 0.901. The Bertz CT molecular complexity index is 466. The molecule has 0 bridgehead atoms. The summed E-state index contributed by atoms with van der Waals surface area (Å²) >= 11 is 0. The molecule has 8 nitrogen and oxygen atoms in total. The summed E-state index contributed by atoms with van der Waals surface area (Å²) in [4.78, 5) is 11.4. The van der Waals surface area contributed by atoms with Crippen molar-refractivity contribution >= 4 is 21.6 Å². The van der Waals surface area contributed by atoms with Crippen molar-refractivity contribution in [2.75, 3.05) is 23.8 Å². The van der Waals surface area contributed by atoms with Crippen LogP contribution in [0.15, 0.2) is 4.63 Å². The van der Waals surface area contributed by atoms with E-state index in [1.54, 1.807) is 0 Å². The van der Waals surface area contributed by atoms with Crippen molar-refractivity contribution in [3.05, 3.63) is 5.69 Å². The van der Waals surface area contributed by atoms with Gasteiger partial charge in [0, 0.05) is 12.3 Å². The van der Waals surface area contributed by atoms with E-state index in [9.17, 15) is 13.2 Å². The van der Waals surface area contributed by atoms with Gasteiger partial charge in [-0.3, -0.25) is 4.79 Å². The summed E-state index contributed by atoms with van der Waals surface area (Å²) < 4.78 is 26.5. The van der Waals surface area contributed by atoms with Gasteiger partial charge in [0.05, 0.1) is 5.75 Å². The first kappa shape index (κ1) is 12.4. The van der Waals surface area contributed by atoms with E-state index < -0.39 is 15.7 Å². The number of rotatable bonds is 5. The van der Waals surface area contributed by atoms with E-state index >= 15 is 0 Å². The Balaban J connectivity index is 2.46. The number of carbonyl (C=O) groups is 1. The number of nitrogen functional groups attached to an aromatic ring is 1. The van der Waals surface area contributed by atoms with Crippen LogP contribution in [0.2, 0.25) is 0 Å². The Kier molecular flexibility index (Phi) is 3.82. The normalized spacial score (nSPS) is 11.3. The lowest BCUT2D eigenvalue weighted by molar-refractivity contribution is 0.0947. The van der Waals surface area contributed by atoms with E-state index in [4.69, 9.17) is 5.73 Å². The smallest absolute Gasteiger partial charge is 0.277 e. The van der Waals surface area contributed by atoms with Crippen LogP contribution in [-0.4, -0.2) is 42.7 Å². The highest BCUT2D eigenvalue weighted by Gasteiger charge is 2.16. The van der Waals surface area contributed by atoms with Crippen molar-refractivity contribution in [2.45, 2.75) is 6.92 Å². The van der Waals surface area contributed by atoms with Crippen molar-refractivity contribution in [2.24, 2.45) is 0 Å². The quantitative estimate of drug-likeness (QED) is 0.670. The average Bonchev–Trinajstić information content (AvgIpc) is 2.64. The third-order valence-corrected chi connectivity index (χ3v) is 3.57. The monoisotopic (exact) mass is 248 g/mol. The number of anilines is 1. The summed E-state index contributed by atoms with van der Waals surface area (Å²) in [7, 11) is -3.10. The first-order chi connectivity index (χ1) is 7.46. The summed E-state index contributed by atoms with van der Waals surface area (Å²) in [5.74, 6) is -0.822. The van der Waals surface area contributed by atoms with Gasteiger partial charge in [0.25, 0.3) is 5.91 Å². The highest BCUT2D eigenvalue weighted by atomic mass is 32.2. The van der Waals surface area contributed by atoms with Crippen LogP contribution in [0.1, 0.15) is 17.4 Å². The van der Waals surface area contributed by atoms with Crippen LogP contribution in [0, 0.1) is 0 Å². The fraction of sp³-hybridized carbons (Fsp3) is 0.571. The Hall–Kier alpha value is -1.64. The third kappa shape index (κ3) is 3.19. The van der Waals surface area contributed by atoms with Crippen molar-refractivity contribution in [3.63, 3.8) is 0 Å². The molecule has 0 aliphatic rings. The molecule has 0 aliphatic carbocycles. The second-order valence-electron chi connectivity index (χ2n) is 2.99. The molecule has 1 aromatic heterocycles. The molecule has 0 spiro atoms. The van der Waals surface area contributed by atoms with E-state index in [1.165, 1.54) is 6.92 Å². The van der Waals surface area contributed by atoms with E-state index in [-0.39, 0.29) is 29.6 Å². The molecule has 0 saturated carbocycles. The fourth-order valence-corrected chi connectivity index (χ4v) is 1.60. The average molecular weight is 248 g/mol. The Morgan fingerprint density at radius 3 is 2.69 bits per heavy atom. The molecule has 16 heavy (non-hydrogen) atoms. The summed E-state index contributed by atoms with van der Waals surface area (Å²) in [6, 6.07) is 0. The largest absolute Gasteiger partial charge is 0.379 e. The molecule has 1 aromatic rings. The zero-order valence-electron chi connectivity index (χ0n) is 8.63. The van der Waals surface area contributed by atoms with Gasteiger partial charge in [0.15, 0.2) is 9.84 Å². The van der Waals surface area contributed by atoms with Crippen LogP contribution in [0.3, 0.4) is 0 Å². The van der Waals surface area contributed by atoms with E-state index in [0.29, 0.717) is 0 Å². The van der Waals surface area contributed by atoms with Gasteiger partial charge >= 0.3 is 0 Å². The molecule has 1 rings (SSSR count). The number of aromatic nitrogens is 2. The maximum atomic E-state index is 11.4. The highest BCUT2D eigenvalue weighted by Crippen LogP contribution is 2.02. The highest BCUT2D eigenvalue weighted by molar-refractivity contribution is 7.91. The third-order valence-electron chi connectivity index (χ3n) is 1.87. The van der Waals surface area contributed by atoms with Crippen molar-refractivity contribution in [1.82, 2.24) is 15.6 Å². The van der Waals surface area contributed by atoms with Gasteiger partial charge in [0.2, 0.25) is 11.5 Å². The lowest BCUT2D eigenvalue weighted by Gasteiger charge is -2.02. The summed E-state index contributed by atoms with van der Waals surface area (Å²) in [5, 5.41) is 8.86. The summed E-state index contributed by atoms with van der Waals surface area (Å²) in [6.07, 6.45) is 0. The van der Waals surface area contributed by atoms with Gasteiger partial charge in [-0.15, -0.1) is 0 Å². The number of nitrogens with zero attached hydrogens (tertiary/aromatic N) is 2. The van der Waals surface area contributed by atoms with Crippen LogP contribution in [0.25, 0.3) is 0 Å². The molecule has 1 amide bonds. The zero-order valence-corrected chi connectivity index (χ0v) is 9.45. The molecule has 0 saturated heterocycles. The SMILES string of the molecule is CCS(=O)(=O)CCNC(=O)c1nonc1N. The van der Waals surface area contributed by atoms with Crippen LogP contribution < -0.4 is 11.1 Å². The zero-order chi connectivity index (χ0) is 12.2. The number of nitrogens with two attached hydrogens (primary N) is 1. The van der Waals surface area contributed by atoms with Crippen LogP contribution in [-0.2, 0) is 9.84 Å². The second-order valence-corrected chi connectivity index (χ2v) is 5.46. The molecular formula is C7H12N4O4S. The maximum absolute atomic E-state index is 11.4. The Morgan fingerprint density at radius 1 is 1.50 bits per heavy atom. The van der Waals surface area contributed by atoms with Gasteiger partial charge in [-0.25, -0.2) is 13.0 Å². The molecule has 0 atom stereocenters. The molecular weight excluding hydrogens is 236 g/mol. The Labute approximate surface area is 92.1 Å². The number of carbonyl (C=O) groups excluding carboxylic acids is 1. The maximum Gasteiger partial charge on any atom is 0.277 e. The summed E-state index contributed by atoms with van der Waals surface area (Å²) in [5.41, 5.74) is 5.13. The number of nitrogens with one attached hydrogen (secondary N) is 1. The minimum absolute atomic E-state index is 0.00130. The standard InChI is InChI=1S/C7H12N4O4S/c1-2-16(13,14)4-3-9-7(12)5-6(8)11-15-10-5/h2-4H2,1H3,(H2,8,11)(H,9,12). The lowest BCUT2D eigenvalue weighted by Crippen LogP contribution is -2.30. The molecule has 3 N–H and O–H groups in total. The van der Waals surface area contributed by atoms with Gasteiger partial charge in [-0.2, -0.15) is 0 Å². The molecule has 0 aromatic carbocycles. The number of hydrogen-bond acceptors (Lipinski definition) is 7.